The van der Waals surface area contributed by atoms with Crippen molar-refractivity contribution < 1.29 is 9.59 Å². The molecule has 4 N–H and O–H groups in total. The predicted molar refractivity (Wildman–Crippen MR) is 34.1 cm³/mol. The Hall–Kier alpha value is -1.10. The van der Waals surface area contributed by atoms with Gasteiger partial charge in [0, 0.05) is 13.1 Å². The highest BCUT2D eigenvalue weighted by atomic mass is 16.2. The minimum atomic E-state index is -0.435. The average molecular weight is 143 g/mol. The average Bonchev–Trinajstić information content (AvgIpc) is 1.88. The molecule has 3 amide bonds. The van der Waals surface area contributed by atoms with Crippen molar-refractivity contribution in [2.75, 3.05) is 13.1 Å². The van der Waals surface area contributed by atoms with Gasteiger partial charge in [0.15, 0.2) is 0 Å². The van der Waals surface area contributed by atoms with Gasteiger partial charge in [0.2, 0.25) is 5.91 Å². The number of hydrogen-bond donors (Lipinski definition) is 3. The van der Waals surface area contributed by atoms with Crippen LogP contribution in [0.15, 0.2) is 0 Å². The Labute approximate surface area is 58.0 Å². The van der Waals surface area contributed by atoms with E-state index in [1.165, 1.54) is 0 Å². The number of carbonyl (C=O) groups excluding carboxylic acids is 2. The first-order chi connectivity index (χ1) is 4.74. The highest BCUT2D eigenvalue weighted by Crippen LogP contribution is 1.95. The number of nitrogens with one attached hydrogen (secondary N) is 2. The second kappa shape index (κ2) is 2.66. The van der Waals surface area contributed by atoms with Crippen molar-refractivity contribution in [3.8, 4) is 0 Å². The van der Waals surface area contributed by atoms with Crippen LogP contribution >= 0.6 is 0 Å². The van der Waals surface area contributed by atoms with Crippen molar-refractivity contribution >= 4 is 11.9 Å². The molecule has 1 fully saturated rings. The van der Waals surface area contributed by atoms with Crippen molar-refractivity contribution in [1.82, 2.24) is 10.6 Å². The van der Waals surface area contributed by atoms with E-state index >= 15 is 0 Å². The zero-order valence-electron chi connectivity index (χ0n) is 5.39. The molecule has 0 aliphatic carbocycles. The Morgan fingerprint density at radius 2 is 2.30 bits per heavy atom. The zero-order chi connectivity index (χ0) is 7.56. The third kappa shape index (κ3) is 1.24. The number of urea groups is 1. The smallest absolute Gasteiger partial charge is 0.321 e. The van der Waals surface area contributed by atoms with E-state index in [0.717, 1.165) is 0 Å². The standard InChI is InChI=1S/C5H9N3O2/c6-1-3-2-7-5(10)8-4(3)9/h3H,1-2,6H2,(H2,7,8,9,10). The van der Waals surface area contributed by atoms with E-state index in [1.54, 1.807) is 0 Å². The number of nitrogens with two attached hydrogens (primary N) is 1. The quantitative estimate of drug-likeness (QED) is 0.413. The molecule has 0 spiro atoms. The second-order valence-corrected chi connectivity index (χ2v) is 2.13. The summed E-state index contributed by atoms with van der Waals surface area (Å²) in [6, 6.07) is -0.435. The summed E-state index contributed by atoms with van der Waals surface area (Å²) in [5, 5.41) is 4.57. The molecule has 56 valence electrons. The van der Waals surface area contributed by atoms with Crippen molar-refractivity contribution in [3.05, 3.63) is 0 Å². The summed E-state index contributed by atoms with van der Waals surface area (Å²) < 4.78 is 0. The number of carbonyl (C=O) groups is 2. The highest BCUT2D eigenvalue weighted by Gasteiger charge is 2.23. The molecular formula is C5H9N3O2. The van der Waals surface area contributed by atoms with Gasteiger partial charge >= 0.3 is 6.03 Å². The van der Waals surface area contributed by atoms with Crippen LogP contribution in [0.25, 0.3) is 0 Å². The molecule has 1 unspecified atom stereocenters. The summed E-state index contributed by atoms with van der Waals surface area (Å²) >= 11 is 0. The van der Waals surface area contributed by atoms with E-state index in [-0.39, 0.29) is 18.4 Å². The molecule has 1 atom stereocenters. The molecule has 1 saturated heterocycles. The van der Waals surface area contributed by atoms with Crippen LogP contribution in [0.4, 0.5) is 4.79 Å². The molecule has 1 rings (SSSR count). The molecule has 5 heteroatoms. The Morgan fingerprint density at radius 1 is 1.60 bits per heavy atom. The van der Waals surface area contributed by atoms with Gasteiger partial charge in [-0.15, -0.1) is 0 Å². The zero-order valence-corrected chi connectivity index (χ0v) is 5.39. The Kier molecular flexibility index (Phi) is 1.86. The van der Waals surface area contributed by atoms with Crippen molar-refractivity contribution in [2.24, 2.45) is 11.7 Å². The van der Waals surface area contributed by atoms with E-state index in [4.69, 9.17) is 5.73 Å². The number of amides is 3. The Bertz CT molecular complexity index is 168. The largest absolute Gasteiger partial charge is 0.337 e. The molecule has 5 nitrogen and oxygen atoms in total. The summed E-state index contributed by atoms with van der Waals surface area (Å²) in [5.41, 5.74) is 5.23. The van der Waals surface area contributed by atoms with Crippen LogP contribution in [0.5, 0.6) is 0 Å². The molecular weight excluding hydrogens is 134 g/mol. The van der Waals surface area contributed by atoms with E-state index in [9.17, 15) is 9.59 Å². The lowest BCUT2D eigenvalue weighted by molar-refractivity contribution is -0.124. The number of rotatable bonds is 1. The minimum absolute atomic E-state index is 0.266. The lowest BCUT2D eigenvalue weighted by atomic mass is 10.1. The van der Waals surface area contributed by atoms with Gasteiger partial charge in [-0.1, -0.05) is 0 Å². The summed E-state index contributed by atoms with van der Waals surface area (Å²) in [6.45, 7) is 0.618. The van der Waals surface area contributed by atoms with E-state index < -0.39 is 6.03 Å². The number of imide groups is 1. The molecule has 0 aromatic carbocycles. The minimum Gasteiger partial charge on any atom is -0.337 e. The lowest BCUT2D eigenvalue weighted by Crippen LogP contribution is -2.54. The van der Waals surface area contributed by atoms with Gasteiger partial charge in [0.25, 0.3) is 0 Å². The van der Waals surface area contributed by atoms with Gasteiger partial charge in [-0.2, -0.15) is 0 Å². The van der Waals surface area contributed by atoms with E-state index in [2.05, 4.69) is 10.6 Å². The first-order valence-corrected chi connectivity index (χ1v) is 3.03. The van der Waals surface area contributed by atoms with Crippen molar-refractivity contribution in [1.29, 1.82) is 0 Å². The maximum atomic E-state index is 10.8. The summed E-state index contributed by atoms with van der Waals surface area (Å²) in [5.74, 6) is -0.552. The topological polar surface area (TPSA) is 84.2 Å². The normalized spacial score (nSPS) is 25.5. The van der Waals surface area contributed by atoms with Gasteiger partial charge in [-0.25, -0.2) is 4.79 Å². The molecule has 1 heterocycles. The third-order valence-electron chi connectivity index (χ3n) is 1.40. The molecule has 0 radical (unpaired) electrons. The Morgan fingerprint density at radius 3 is 2.80 bits per heavy atom. The SMILES string of the molecule is NCC1CNC(=O)NC1=O. The van der Waals surface area contributed by atoms with Crippen LogP contribution in [0, 0.1) is 5.92 Å². The first kappa shape index (κ1) is 7.01. The maximum absolute atomic E-state index is 10.8. The lowest BCUT2D eigenvalue weighted by Gasteiger charge is -2.19. The predicted octanol–water partition coefficient (Wildman–Crippen LogP) is -1.60. The van der Waals surface area contributed by atoms with Crippen LogP contribution in [-0.2, 0) is 4.79 Å². The van der Waals surface area contributed by atoms with Crippen LogP contribution in [0.3, 0.4) is 0 Å². The molecule has 1 aliphatic rings. The molecule has 1 aliphatic heterocycles. The number of hydrogen-bond acceptors (Lipinski definition) is 3. The fraction of sp³-hybridized carbons (Fsp3) is 0.600. The maximum Gasteiger partial charge on any atom is 0.321 e. The van der Waals surface area contributed by atoms with Crippen LogP contribution in [-0.4, -0.2) is 25.0 Å². The molecule has 10 heavy (non-hydrogen) atoms. The van der Waals surface area contributed by atoms with Gasteiger partial charge < -0.3 is 11.1 Å². The Balaban J connectivity index is 2.51. The third-order valence-corrected chi connectivity index (χ3v) is 1.40. The van der Waals surface area contributed by atoms with Gasteiger partial charge in [0.05, 0.1) is 5.92 Å². The fourth-order valence-corrected chi connectivity index (χ4v) is 0.757. The molecule has 0 aromatic rings. The van der Waals surface area contributed by atoms with Crippen LogP contribution in [0.1, 0.15) is 0 Å². The molecule has 0 aromatic heterocycles. The molecule has 0 bridgehead atoms. The van der Waals surface area contributed by atoms with Gasteiger partial charge in [-0.05, 0) is 0 Å². The first-order valence-electron chi connectivity index (χ1n) is 3.03. The van der Waals surface area contributed by atoms with E-state index in [1.807, 2.05) is 0 Å². The van der Waals surface area contributed by atoms with E-state index in [0.29, 0.717) is 6.54 Å². The van der Waals surface area contributed by atoms with Gasteiger partial charge in [-0.3, -0.25) is 10.1 Å². The van der Waals surface area contributed by atoms with Crippen molar-refractivity contribution in [2.45, 2.75) is 0 Å². The van der Waals surface area contributed by atoms with Gasteiger partial charge in [0.1, 0.15) is 0 Å². The van der Waals surface area contributed by atoms with Crippen LogP contribution in [0.2, 0.25) is 0 Å². The summed E-state index contributed by atoms with van der Waals surface area (Å²) in [6.07, 6.45) is 0. The van der Waals surface area contributed by atoms with Crippen molar-refractivity contribution in [3.63, 3.8) is 0 Å². The monoisotopic (exact) mass is 143 g/mol. The summed E-state index contributed by atoms with van der Waals surface area (Å²) in [7, 11) is 0. The molecule has 0 saturated carbocycles. The highest BCUT2D eigenvalue weighted by molar-refractivity contribution is 5.97. The van der Waals surface area contributed by atoms with Crippen LogP contribution < -0.4 is 16.4 Å². The second-order valence-electron chi connectivity index (χ2n) is 2.13. The fourth-order valence-electron chi connectivity index (χ4n) is 0.757. The summed E-state index contributed by atoms with van der Waals surface area (Å²) in [4.78, 5) is 21.2.